The van der Waals surface area contributed by atoms with Crippen molar-refractivity contribution in [1.29, 1.82) is 0 Å². The minimum atomic E-state index is 0.0260. The summed E-state index contributed by atoms with van der Waals surface area (Å²) < 4.78 is 0. The van der Waals surface area contributed by atoms with Gasteiger partial charge in [0.2, 0.25) is 0 Å². The van der Waals surface area contributed by atoms with Gasteiger partial charge in [-0.1, -0.05) is 24.3 Å². The third-order valence-electron chi connectivity index (χ3n) is 3.36. The van der Waals surface area contributed by atoms with E-state index in [1.165, 1.54) is 4.88 Å². The highest BCUT2D eigenvalue weighted by Crippen LogP contribution is 2.20. The van der Waals surface area contributed by atoms with Crippen LogP contribution in [0.3, 0.4) is 0 Å². The number of benzene rings is 1. The van der Waals surface area contributed by atoms with Crippen LogP contribution in [-0.2, 0) is 13.1 Å². The van der Waals surface area contributed by atoms with Crippen molar-refractivity contribution >= 4 is 23.1 Å². The molecule has 2 N–H and O–H groups in total. The lowest BCUT2D eigenvalue weighted by molar-refractivity contribution is 0.215. The van der Waals surface area contributed by atoms with Crippen LogP contribution in [0.1, 0.15) is 10.4 Å². The molecule has 0 bridgehead atoms. The summed E-state index contributed by atoms with van der Waals surface area (Å²) in [5, 5.41) is 8.37. The standard InChI is InChI=1S/C15H17N3OS/c19-15-16-7-8-18(15)11-12-4-1-2-6-14(12)17-10-13-5-3-9-20-13/h1-6,9,17H,7-8,10-11H2,(H,16,19). The van der Waals surface area contributed by atoms with Gasteiger partial charge in [0.05, 0.1) is 0 Å². The minimum Gasteiger partial charge on any atom is -0.380 e. The van der Waals surface area contributed by atoms with Gasteiger partial charge in [0.25, 0.3) is 0 Å². The first-order valence-electron chi connectivity index (χ1n) is 6.70. The fraction of sp³-hybridized carbons (Fsp3) is 0.267. The van der Waals surface area contributed by atoms with E-state index in [9.17, 15) is 4.79 Å². The second-order valence-electron chi connectivity index (χ2n) is 4.74. The molecule has 1 aromatic carbocycles. The summed E-state index contributed by atoms with van der Waals surface area (Å²) in [6.07, 6.45) is 0. The molecule has 0 saturated carbocycles. The molecule has 3 rings (SSSR count). The molecular formula is C15H17N3OS. The van der Waals surface area contributed by atoms with Gasteiger partial charge in [-0.3, -0.25) is 0 Å². The van der Waals surface area contributed by atoms with Crippen molar-refractivity contribution in [2.24, 2.45) is 0 Å². The Morgan fingerprint density at radius 1 is 1.25 bits per heavy atom. The number of carbonyl (C=O) groups excluding carboxylic acids is 1. The predicted octanol–water partition coefficient (Wildman–Crippen LogP) is 2.89. The Kier molecular flexibility index (Phi) is 3.87. The van der Waals surface area contributed by atoms with Gasteiger partial charge in [-0.25, -0.2) is 4.79 Å². The molecule has 20 heavy (non-hydrogen) atoms. The second kappa shape index (κ2) is 5.96. The number of hydrogen-bond donors (Lipinski definition) is 2. The van der Waals surface area contributed by atoms with Crippen LogP contribution >= 0.6 is 11.3 Å². The summed E-state index contributed by atoms with van der Waals surface area (Å²) >= 11 is 1.74. The molecule has 0 spiro atoms. The zero-order valence-corrected chi connectivity index (χ0v) is 12.0. The monoisotopic (exact) mass is 287 g/mol. The maximum Gasteiger partial charge on any atom is 0.317 e. The zero-order chi connectivity index (χ0) is 13.8. The van der Waals surface area contributed by atoms with E-state index in [0.717, 1.165) is 30.9 Å². The normalized spacial score (nSPS) is 14.4. The number of thiophene rings is 1. The molecule has 2 heterocycles. The van der Waals surface area contributed by atoms with Gasteiger partial charge in [0.15, 0.2) is 0 Å². The van der Waals surface area contributed by atoms with Gasteiger partial charge < -0.3 is 15.5 Å². The summed E-state index contributed by atoms with van der Waals surface area (Å²) in [7, 11) is 0. The number of nitrogens with zero attached hydrogens (tertiary/aromatic N) is 1. The highest BCUT2D eigenvalue weighted by atomic mass is 32.1. The Morgan fingerprint density at radius 3 is 2.90 bits per heavy atom. The van der Waals surface area contributed by atoms with Crippen LogP contribution in [0.2, 0.25) is 0 Å². The van der Waals surface area contributed by atoms with Gasteiger partial charge in [0, 0.05) is 36.7 Å². The Bertz CT molecular complexity index is 583. The van der Waals surface area contributed by atoms with Gasteiger partial charge in [0.1, 0.15) is 0 Å². The van der Waals surface area contributed by atoms with Crippen LogP contribution in [0.25, 0.3) is 0 Å². The van der Waals surface area contributed by atoms with E-state index in [1.807, 2.05) is 17.0 Å². The number of hydrogen-bond acceptors (Lipinski definition) is 3. The Hall–Kier alpha value is -2.01. The van der Waals surface area contributed by atoms with Crippen molar-refractivity contribution in [3.63, 3.8) is 0 Å². The van der Waals surface area contributed by atoms with Crippen LogP contribution in [0.15, 0.2) is 41.8 Å². The largest absolute Gasteiger partial charge is 0.380 e. The molecule has 0 unspecified atom stereocenters. The number of carbonyl (C=O) groups is 1. The average molecular weight is 287 g/mol. The van der Waals surface area contributed by atoms with E-state index >= 15 is 0 Å². The lowest BCUT2D eigenvalue weighted by Crippen LogP contribution is -2.27. The van der Waals surface area contributed by atoms with Gasteiger partial charge in [-0.15, -0.1) is 11.3 Å². The van der Waals surface area contributed by atoms with E-state index in [4.69, 9.17) is 0 Å². The first-order valence-corrected chi connectivity index (χ1v) is 7.58. The lowest BCUT2D eigenvalue weighted by atomic mass is 10.1. The lowest BCUT2D eigenvalue weighted by Gasteiger charge is -2.17. The van der Waals surface area contributed by atoms with E-state index < -0.39 is 0 Å². The molecule has 1 saturated heterocycles. The minimum absolute atomic E-state index is 0.0260. The summed E-state index contributed by atoms with van der Waals surface area (Å²) in [6.45, 7) is 2.99. The van der Waals surface area contributed by atoms with Crippen LogP contribution in [0.4, 0.5) is 10.5 Å². The molecule has 1 fully saturated rings. The maximum absolute atomic E-state index is 11.6. The van der Waals surface area contributed by atoms with Gasteiger partial charge in [-0.05, 0) is 23.1 Å². The highest BCUT2D eigenvalue weighted by Gasteiger charge is 2.20. The number of nitrogens with one attached hydrogen (secondary N) is 2. The molecule has 104 valence electrons. The van der Waals surface area contributed by atoms with E-state index in [0.29, 0.717) is 6.54 Å². The Labute approximate surface area is 122 Å². The predicted molar refractivity (Wildman–Crippen MR) is 81.9 cm³/mol. The number of anilines is 1. The van der Waals surface area contributed by atoms with Crippen LogP contribution in [0.5, 0.6) is 0 Å². The number of amides is 2. The Balaban J connectivity index is 1.69. The highest BCUT2D eigenvalue weighted by molar-refractivity contribution is 7.09. The first kappa shape index (κ1) is 13.0. The molecule has 1 aliphatic rings. The molecule has 2 aromatic rings. The summed E-state index contributed by atoms with van der Waals surface area (Å²) in [5.41, 5.74) is 2.25. The molecule has 0 radical (unpaired) electrons. The molecule has 5 heteroatoms. The SMILES string of the molecule is O=C1NCCN1Cc1ccccc1NCc1cccs1. The van der Waals surface area contributed by atoms with Gasteiger partial charge >= 0.3 is 6.03 Å². The molecular weight excluding hydrogens is 270 g/mol. The molecule has 0 aliphatic carbocycles. The third-order valence-corrected chi connectivity index (χ3v) is 4.23. The quantitative estimate of drug-likeness (QED) is 0.888. The van der Waals surface area contributed by atoms with Crippen molar-refractivity contribution in [2.45, 2.75) is 13.1 Å². The third kappa shape index (κ3) is 2.93. The molecule has 1 aliphatic heterocycles. The van der Waals surface area contributed by atoms with Crippen LogP contribution in [-0.4, -0.2) is 24.0 Å². The van der Waals surface area contributed by atoms with Crippen molar-refractivity contribution in [3.8, 4) is 0 Å². The van der Waals surface area contributed by atoms with Crippen molar-refractivity contribution in [2.75, 3.05) is 18.4 Å². The fourth-order valence-corrected chi connectivity index (χ4v) is 2.94. The topological polar surface area (TPSA) is 44.4 Å². The van der Waals surface area contributed by atoms with Crippen molar-refractivity contribution in [1.82, 2.24) is 10.2 Å². The van der Waals surface area contributed by atoms with Crippen LogP contribution in [0, 0.1) is 0 Å². The number of rotatable bonds is 5. The van der Waals surface area contributed by atoms with Crippen molar-refractivity contribution < 1.29 is 4.79 Å². The molecule has 0 atom stereocenters. The molecule has 2 amide bonds. The Morgan fingerprint density at radius 2 is 2.15 bits per heavy atom. The summed E-state index contributed by atoms with van der Waals surface area (Å²) in [5.74, 6) is 0. The molecule has 1 aromatic heterocycles. The average Bonchev–Trinajstić information content (AvgIpc) is 3.11. The zero-order valence-electron chi connectivity index (χ0n) is 11.1. The number of urea groups is 1. The van der Waals surface area contributed by atoms with E-state index in [2.05, 4.69) is 40.3 Å². The summed E-state index contributed by atoms with van der Waals surface area (Å²) in [6, 6.07) is 12.4. The van der Waals surface area contributed by atoms with Crippen LogP contribution < -0.4 is 10.6 Å². The summed E-state index contributed by atoms with van der Waals surface area (Å²) in [4.78, 5) is 14.8. The second-order valence-corrected chi connectivity index (χ2v) is 5.78. The smallest absolute Gasteiger partial charge is 0.317 e. The first-order chi connectivity index (χ1) is 9.83. The van der Waals surface area contributed by atoms with E-state index in [-0.39, 0.29) is 6.03 Å². The molecule has 4 nitrogen and oxygen atoms in total. The van der Waals surface area contributed by atoms with E-state index in [1.54, 1.807) is 11.3 Å². The number of para-hydroxylation sites is 1. The fourth-order valence-electron chi connectivity index (χ4n) is 2.29. The van der Waals surface area contributed by atoms with Crippen molar-refractivity contribution in [3.05, 3.63) is 52.2 Å². The van der Waals surface area contributed by atoms with Gasteiger partial charge in [-0.2, -0.15) is 0 Å². The maximum atomic E-state index is 11.6.